The first-order valence-electron chi connectivity index (χ1n) is 7.50. The van der Waals surface area contributed by atoms with E-state index in [2.05, 4.69) is 4.98 Å². The van der Waals surface area contributed by atoms with E-state index in [-0.39, 0.29) is 12.4 Å². The van der Waals surface area contributed by atoms with Crippen molar-refractivity contribution >= 4 is 22.8 Å². The molecule has 0 spiro atoms. The Kier molecular flexibility index (Phi) is 5.20. The quantitative estimate of drug-likeness (QED) is 0.832. The zero-order chi connectivity index (χ0) is 16.1. The van der Waals surface area contributed by atoms with Crippen LogP contribution in [0.5, 0.6) is 0 Å². The first-order chi connectivity index (χ1) is 10.6. The van der Waals surface area contributed by atoms with Gasteiger partial charge < -0.3 is 14.5 Å². The minimum atomic E-state index is -0.393. The fourth-order valence-corrected chi connectivity index (χ4v) is 2.46. The Morgan fingerprint density at radius 2 is 1.86 bits per heavy atom. The van der Waals surface area contributed by atoms with E-state index in [9.17, 15) is 9.59 Å². The Hall–Kier alpha value is -2.30. The van der Waals surface area contributed by atoms with Crippen LogP contribution in [0.2, 0.25) is 0 Å². The van der Waals surface area contributed by atoms with Gasteiger partial charge in [0.05, 0.1) is 13.2 Å². The summed E-state index contributed by atoms with van der Waals surface area (Å²) in [7, 11) is 0. The molecule has 0 fully saturated rings. The highest BCUT2D eigenvalue weighted by atomic mass is 16.5. The molecule has 5 heteroatoms. The van der Waals surface area contributed by atoms with Gasteiger partial charge in [0.2, 0.25) is 0 Å². The molecule has 0 unspecified atom stereocenters. The minimum Gasteiger partial charge on any atom is -0.466 e. The number of fused-ring (bicyclic) bond motifs is 1. The molecule has 5 nitrogen and oxygen atoms in total. The molecule has 2 aromatic rings. The lowest BCUT2D eigenvalue weighted by atomic mass is 10.0. The van der Waals surface area contributed by atoms with Crippen molar-refractivity contribution in [3.05, 3.63) is 35.0 Å². The van der Waals surface area contributed by atoms with Crippen LogP contribution in [-0.4, -0.2) is 30.1 Å². The number of carbonyl (C=O) groups is 2. The van der Waals surface area contributed by atoms with E-state index >= 15 is 0 Å². The summed E-state index contributed by atoms with van der Waals surface area (Å²) in [5, 5.41) is 0.951. The average molecular weight is 303 g/mol. The van der Waals surface area contributed by atoms with E-state index in [1.165, 1.54) is 0 Å². The molecule has 0 aliphatic rings. The second-order valence-corrected chi connectivity index (χ2v) is 5.05. The van der Waals surface area contributed by atoms with Gasteiger partial charge in [-0.1, -0.05) is 11.6 Å². The Morgan fingerprint density at radius 1 is 1.14 bits per heavy atom. The molecule has 0 bridgehead atoms. The van der Waals surface area contributed by atoms with Crippen LogP contribution in [0.4, 0.5) is 0 Å². The van der Waals surface area contributed by atoms with Crippen molar-refractivity contribution in [2.75, 3.05) is 13.2 Å². The van der Waals surface area contributed by atoms with Gasteiger partial charge in [0.25, 0.3) is 0 Å². The van der Waals surface area contributed by atoms with Crippen LogP contribution in [0, 0.1) is 6.92 Å². The third-order valence-electron chi connectivity index (χ3n) is 3.43. The molecule has 1 N–H and O–H groups in total. The standard InChI is InChI=1S/C17H21NO4/c1-4-21-15(19)9-7-12-13-10-11(3)6-8-14(13)18-16(12)17(20)22-5-2/h6,8,10,18H,4-5,7,9H2,1-3H3. The van der Waals surface area contributed by atoms with Crippen molar-refractivity contribution in [1.82, 2.24) is 4.98 Å². The van der Waals surface area contributed by atoms with Crippen molar-refractivity contribution in [2.24, 2.45) is 0 Å². The molecule has 0 atom stereocenters. The normalized spacial score (nSPS) is 10.7. The van der Waals surface area contributed by atoms with Gasteiger partial charge in [-0.15, -0.1) is 0 Å². The zero-order valence-corrected chi connectivity index (χ0v) is 13.2. The summed E-state index contributed by atoms with van der Waals surface area (Å²) in [6, 6.07) is 5.92. The van der Waals surface area contributed by atoms with Crippen LogP contribution in [0.3, 0.4) is 0 Å². The van der Waals surface area contributed by atoms with E-state index in [0.717, 1.165) is 22.0 Å². The molecule has 0 amide bonds. The predicted octanol–water partition coefficient (Wildman–Crippen LogP) is 3.15. The average Bonchev–Trinajstić information content (AvgIpc) is 2.83. The van der Waals surface area contributed by atoms with Crippen LogP contribution in [0.1, 0.15) is 41.9 Å². The highest BCUT2D eigenvalue weighted by molar-refractivity contribution is 5.98. The van der Waals surface area contributed by atoms with Gasteiger partial charge in [0.15, 0.2) is 0 Å². The number of carbonyl (C=O) groups excluding carboxylic acids is 2. The lowest BCUT2D eigenvalue weighted by molar-refractivity contribution is -0.143. The number of rotatable bonds is 6. The first kappa shape index (κ1) is 16.1. The molecule has 0 aliphatic carbocycles. The van der Waals surface area contributed by atoms with Crippen LogP contribution in [0.25, 0.3) is 10.9 Å². The number of aromatic amines is 1. The minimum absolute atomic E-state index is 0.237. The van der Waals surface area contributed by atoms with Gasteiger partial charge in [-0.25, -0.2) is 4.79 Å². The zero-order valence-electron chi connectivity index (χ0n) is 13.2. The first-order valence-corrected chi connectivity index (χ1v) is 7.50. The predicted molar refractivity (Wildman–Crippen MR) is 83.9 cm³/mol. The monoisotopic (exact) mass is 303 g/mol. The molecular formula is C17H21NO4. The molecule has 0 radical (unpaired) electrons. The summed E-state index contributed by atoms with van der Waals surface area (Å²) in [6.45, 7) is 6.20. The van der Waals surface area contributed by atoms with Crippen LogP contribution >= 0.6 is 0 Å². The van der Waals surface area contributed by atoms with Gasteiger partial charge >= 0.3 is 11.9 Å². The number of nitrogens with one attached hydrogen (secondary N) is 1. The number of hydrogen-bond donors (Lipinski definition) is 1. The molecular weight excluding hydrogens is 282 g/mol. The summed E-state index contributed by atoms with van der Waals surface area (Å²) in [4.78, 5) is 26.8. The van der Waals surface area contributed by atoms with Crippen molar-refractivity contribution < 1.29 is 19.1 Å². The summed E-state index contributed by atoms with van der Waals surface area (Å²) < 4.78 is 10.1. The molecule has 2 rings (SSSR count). The molecule has 0 aliphatic heterocycles. The van der Waals surface area contributed by atoms with E-state index in [0.29, 0.717) is 25.3 Å². The van der Waals surface area contributed by atoms with E-state index in [1.807, 2.05) is 25.1 Å². The Bertz CT molecular complexity index is 687. The number of aromatic nitrogens is 1. The number of benzene rings is 1. The molecule has 0 saturated heterocycles. The Labute approximate surface area is 129 Å². The van der Waals surface area contributed by atoms with Gasteiger partial charge in [-0.05, 0) is 44.9 Å². The lowest BCUT2D eigenvalue weighted by Gasteiger charge is -2.05. The highest BCUT2D eigenvalue weighted by Crippen LogP contribution is 2.26. The van der Waals surface area contributed by atoms with E-state index in [1.54, 1.807) is 13.8 Å². The van der Waals surface area contributed by atoms with E-state index in [4.69, 9.17) is 9.47 Å². The SMILES string of the molecule is CCOC(=O)CCc1c(C(=O)OCC)[nH]c2ccc(C)cc12. The van der Waals surface area contributed by atoms with Gasteiger partial charge in [-0.3, -0.25) is 4.79 Å². The maximum absolute atomic E-state index is 12.1. The number of esters is 2. The summed E-state index contributed by atoms with van der Waals surface area (Å²) >= 11 is 0. The van der Waals surface area contributed by atoms with Crippen molar-refractivity contribution in [3.63, 3.8) is 0 Å². The van der Waals surface area contributed by atoms with E-state index < -0.39 is 5.97 Å². The van der Waals surface area contributed by atoms with Crippen LogP contribution < -0.4 is 0 Å². The molecule has 0 saturated carbocycles. The Morgan fingerprint density at radius 3 is 2.55 bits per heavy atom. The van der Waals surface area contributed by atoms with Crippen molar-refractivity contribution in [3.8, 4) is 0 Å². The maximum Gasteiger partial charge on any atom is 0.355 e. The van der Waals surface area contributed by atoms with Gasteiger partial charge in [0.1, 0.15) is 5.69 Å². The topological polar surface area (TPSA) is 68.4 Å². The van der Waals surface area contributed by atoms with Gasteiger partial charge in [-0.2, -0.15) is 0 Å². The number of ether oxygens (including phenoxy) is 2. The largest absolute Gasteiger partial charge is 0.466 e. The third-order valence-corrected chi connectivity index (χ3v) is 3.43. The summed E-state index contributed by atoms with van der Waals surface area (Å²) in [5.74, 6) is -0.658. The molecule has 1 aromatic carbocycles. The highest BCUT2D eigenvalue weighted by Gasteiger charge is 2.19. The molecule has 1 aromatic heterocycles. The summed E-state index contributed by atoms with van der Waals surface area (Å²) in [5.41, 5.74) is 3.20. The van der Waals surface area contributed by atoms with Crippen molar-refractivity contribution in [1.29, 1.82) is 0 Å². The number of H-pyrrole nitrogens is 1. The summed E-state index contributed by atoms with van der Waals surface area (Å²) in [6.07, 6.45) is 0.678. The fraction of sp³-hybridized carbons (Fsp3) is 0.412. The second-order valence-electron chi connectivity index (χ2n) is 5.05. The lowest BCUT2D eigenvalue weighted by Crippen LogP contribution is -2.10. The Balaban J connectivity index is 2.38. The smallest absolute Gasteiger partial charge is 0.355 e. The molecule has 1 heterocycles. The maximum atomic E-state index is 12.1. The number of aryl methyl sites for hydroxylation is 2. The molecule has 118 valence electrons. The molecule has 22 heavy (non-hydrogen) atoms. The van der Waals surface area contributed by atoms with Gasteiger partial charge in [0, 0.05) is 17.3 Å². The number of hydrogen-bond acceptors (Lipinski definition) is 4. The van der Waals surface area contributed by atoms with Crippen molar-refractivity contribution in [2.45, 2.75) is 33.6 Å². The van der Waals surface area contributed by atoms with Crippen LogP contribution in [-0.2, 0) is 20.7 Å². The third kappa shape index (κ3) is 3.47. The van der Waals surface area contributed by atoms with Crippen LogP contribution in [0.15, 0.2) is 18.2 Å². The fourth-order valence-electron chi connectivity index (χ4n) is 2.46. The second kappa shape index (κ2) is 7.11.